The van der Waals surface area contributed by atoms with Gasteiger partial charge in [-0.15, -0.1) is 0 Å². The van der Waals surface area contributed by atoms with E-state index >= 15 is 0 Å². The molecule has 6 nitrogen and oxygen atoms in total. The molecule has 0 radical (unpaired) electrons. The second-order valence-corrected chi connectivity index (χ2v) is 7.56. The first-order chi connectivity index (χ1) is 13.7. The number of nitrogens with zero attached hydrogens (tertiary/aromatic N) is 4. The van der Waals surface area contributed by atoms with E-state index in [0.29, 0.717) is 19.3 Å². The molecular formula is C22H26N4O2. The second-order valence-electron chi connectivity index (χ2n) is 7.56. The molecule has 2 aliphatic heterocycles. The highest BCUT2D eigenvalue weighted by Crippen LogP contribution is 2.36. The van der Waals surface area contributed by atoms with Crippen LogP contribution in [0.1, 0.15) is 30.6 Å². The summed E-state index contributed by atoms with van der Waals surface area (Å²) in [5.74, 6) is 1.62. The Labute approximate surface area is 165 Å². The first-order valence-corrected chi connectivity index (χ1v) is 10.0. The number of aryl methyl sites for hydroxylation is 1. The van der Waals surface area contributed by atoms with Crippen LogP contribution in [-0.4, -0.2) is 39.0 Å². The monoisotopic (exact) mass is 378 g/mol. The van der Waals surface area contributed by atoms with E-state index in [1.54, 1.807) is 0 Å². The molecule has 0 N–H and O–H groups in total. The minimum Gasteiger partial charge on any atom is -0.486 e. The summed E-state index contributed by atoms with van der Waals surface area (Å²) < 4.78 is 15.7. The highest BCUT2D eigenvalue weighted by Gasteiger charge is 2.27. The molecular weight excluding hydrogens is 352 g/mol. The molecule has 0 bridgehead atoms. The summed E-state index contributed by atoms with van der Waals surface area (Å²) in [6, 6.07) is 11.0. The van der Waals surface area contributed by atoms with Gasteiger partial charge in [0, 0.05) is 55.9 Å². The molecule has 1 atom stereocenters. The predicted octanol–water partition coefficient (Wildman–Crippen LogP) is 3.63. The van der Waals surface area contributed by atoms with Crippen molar-refractivity contribution in [3.8, 4) is 22.8 Å². The first kappa shape index (κ1) is 17.4. The minimum atomic E-state index is 0.442. The number of fused-ring (bicyclic) bond motifs is 2. The van der Waals surface area contributed by atoms with Crippen LogP contribution < -0.4 is 9.47 Å². The molecule has 28 heavy (non-hydrogen) atoms. The maximum Gasteiger partial charge on any atom is 0.162 e. The van der Waals surface area contributed by atoms with Crippen LogP contribution in [-0.2, 0) is 20.1 Å². The summed E-state index contributed by atoms with van der Waals surface area (Å²) in [6.07, 6.45) is 5.44. The van der Waals surface area contributed by atoms with E-state index in [1.807, 2.05) is 17.8 Å². The molecule has 0 amide bonds. The largest absolute Gasteiger partial charge is 0.486 e. The van der Waals surface area contributed by atoms with Crippen LogP contribution in [0.3, 0.4) is 0 Å². The number of ether oxygens (including phenoxy) is 2. The van der Waals surface area contributed by atoms with Crippen molar-refractivity contribution in [1.29, 1.82) is 0 Å². The van der Waals surface area contributed by atoms with E-state index in [0.717, 1.165) is 48.8 Å². The Morgan fingerprint density at radius 1 is 1.11 bits per heavy atom. The average Bonchev–Trinajstić information content (AvgIpc) is 3.34. The lowest BCUT2D eigenvalue weighted by atomic mass is 10.0. The fraction of sp³-hybridized carbons (Fsp3) is 0.409. The van der Waals surface area contributed by atoms with E-state index in [2.05, 4.69) is 53.0 Å². The molecule has 0 saturated heterocycles. The van der Waals surface area contributed by atoms with Gasteiger partial charge in [0.05, 0.1) is 11.7 Å². The zero-order chi connectivity index (χ0) is 19.1. The van der Waals surface area contributed by atoms with Gasteiger partial charge in [-0.1, -0.05) is 6.92 Å². The molecule has 1 aromatic carbocycles. The van der Waals surface area contributed by atoms with Crippen molar-refractivity contribution in [3.63, 3.8) is 0 Å². The maximum absolute atomic E-state index is 5.77. The summed E-state index contributed by atoms with van der Waals surface area (Å²) in [5.41, 5.74) is 4.76. The van der Waals surface area contributed by atoms with E-state index in [-0.39, 0.29) is 0 Å². The van der Waals surface area contributed by atoms with Crippen LogP contribution in [0.15, 0.2) is 42.7 Å². The first-order valence-electron chi connectivity index (χ1n) is 10.0. The number of aromatic nitrogens is 3. The second kappa shape index (κ2) is 7.02. The average molecular weight is 378 g/mol. The van der Waals surface area contributed by atoms with Crippen molar-refractivity contribution in [3.05, 3.63) is 54.0 Å². The Morgan fingerprint density at radius 3 is 2.82 bits per heavy atom. The maximum atomic E-state index is 5.77. The van der Waals surface area contributed by atoms with Crippen molar-refractivity contribution >= 4 is 0 Å². The van der Waals surface area contributed by atoms with Gasteiger partial charge < -0.3 is 14.0 Å². The summed E-state index contributed by atoms with van der Waals surface area (Å²) in [7, 11) is 1.99. The Kier molecular flexibility index (Phi) is 4.36. The van der Waals surface area contributed by atoms with Crippen LogP contribution >= 0.6 is 0 Å². The number of hydrogen-bond donors (Lipinski definition) is 0. The highest BCUT2D eigenvalue weighted by molar-refractivity contribution is 5.67. The third-order valence-corrected chi connectivity index (χ3v) is 5.76. The number of hydrogen-bond acceptors (Lipinski definition) is 4. The fourth-order valence-electron chi connectivity index (χ4n) is 4.47. The van der Waals surface area contributed by atoms with Crippen molar-refractivity contribution < 1.29 is 9.47 Å². The summed E-state index contributed by atoms with van der Waals surface area (Å²) >= 11 is 0. The van der Waals surface area contributed by atoms with Gasteiger partial charge in [0.2, 0.25) is 0 Å². The third kappa shape index (κ3) is 2.98. The lowest BCUT2D eigenvalue weighted by Gasteiger charge is -2.36. The highest BCUT2D eigenvalue weighted by atomic mass is 16.6. The molecule has 146 valence electrons. The lowest BCUT2D eigenvalue weighted by molar-refractivity contribution is 0.144. The standard InChI is InChI=1S/C22H26N4O2/c1-3-18-19-5-4-8-25(19)9-10-26(18)15-17-14-24(2)23-22(17)16-6-7-20-21(13-16)28-12-11-27-20/h4-8,13-14,18H,3,9-12,15H2,1-2H3. The Bertz CT molecular complexity index is 990. The Morgan fingerprint density at radius 2 is 1.96 bits per heavy atom. The normalized spacial score (nSPS) is 18.9. The summed E-state index contributed by atoms with van der Waals surface area (Å²) in [4.78, 5) is 2.58. The Balaban J connectivity index is 1.46. The molecule has 0 aliphatic carbocycles. The molecule has 0 fully saturated rings. The van der Waals surface area contributed by atoms with Crippen LogP contribution in [0.25, 0.3) is 11.3 Å². The lowest BCUT2D eigenvalue weighted by Crippen LogP contribution is -2.37. The summed E-state index contributed by atoms with van der Waals surface area (Å²) in [6.45, 7) is 6.45. The topological polar surface area (TPSA) is 44.5 Å². The van der Waals surface area contributed by atoms with Crippen molar-refractivity contribution in [2.45, 2.75) is 32.5 Å². The number of benzene rings is 1. The SMILES string of the molecule is CCC1c2cccn2CCN1Cc1cn(C)nc1-c1ccc2c(c1)OCCO2. The zero-order valence-electron chi connectivity index (χ0n) is 16.5. The molecule has 0 saturated carbocycles. The minimum absolute atomic E-state index is 0.442. The Hall–Kier alpha value is -2.73. The molecule has 2 aromatic heterocycles. The van der Waals surface area contributed by atoms with E-state index in [4.69, 9.17) is 14.6 Å². The van der Waals surface area contributed by atoms with Crippen molar-refractivity contribution in [1.82, 2.24) is 19.2 Å². The third-order valence-electron chi connectivity index (χ3n) is 5.76. The van der Waals surface area contributed by atoms with Crippen LogP contribution in [0.4, 0.5) is 0 Å². The van der Waals surface area contributed by atoms with E-state index in [1.165, 1.54) is 11.3 Å². The van der Waals surface area contributed by atoms with Gasteiger partial charge in [-0.25, -0.2) is 0 Å². The van der Waals surface area contributed by atoms with Gasteiger partial charge in [-0.05, 0) is 36.8 Å². The van der Waals surface area contributed by atoms with Gasteiger partial charge in [-0.3, -0.25) is 9.58 Å². The molecule has 2 aliphatic rings. The van der Waals surface area contributed by atoms with Crippen LogP contribution in [0.2, 0.25) is 0 Å². The van der Waals surface area contributed by atoms with Gasteiger partial charge in [-0.2, -0.15) is 5.10 Å². The van der Waals surface area contributed by atoms with Gasteiger partial charge in [0.25, 0.3) is 0 Å². The van der Waals surface area contributed by atoms with Crippen molar-refractivity contribution in [2.24, 2.45) is 7.05 Å². The van der Waals surface area contributed by atoms with Crippen molar-refractivity contribution in [2.75, 3.05) is 19.8 Å². The predicted molar refractivity (Wildman–Crippen MR) is 108 cm³/mol. The molecule has 1 unspecified atom stereocenters. The molecule has 5 rings (SSSR count). The smallest absolute Gasteiger partial charge is 0.162 e. The van der Waals surface area contributed by atoms with E-state index in [9.17, 15) is 0 Å². The molecule has 6 heteroatoms. The van der Waals surface area contributed by atoms with E-state index < -0.39 is 0 Å². The van der Waals surface area contributed by atoms with Gasteiger partial charge >= 0.3 is 0 Å². The quantitative estimate of drug-likeness (QED) is 0.695. The van der Waals surface area contributed by atoms with Crippen LogP contribution in [0.5, 0.6) is 11.5 Å². The molecule has 3 aromatic rings. The van der Waals surface area contributed by atoms with Crippen LogP contribution in [0, 0.1) is 0 Å². The molecule has 0 spiro atoms. The fourth-order valence-corrected chi connectivity index (χ4v) is 4.47. The number of rotatable bonds is 4. The van der Waals surface area contributed by atoms with Gasteiger partial charge in [0.1, 0.15) is 13.2 Å². The zero-order valence-corrected chi connectivity index (χ0v) is 16.5. The van der Waals surface area contributed by atoms with Gasteiger partial charge in [0.15, 0.2) is 11.5 Å². The summed E-state index contributed by atoms with van der Waals surface area (Å²) in [5, 5.41) is 4.77. The molecule has 4 heterocycles.